The number of alkyl halides is 3. The number of carbonyl (C=O) groups excluding carboxylic acids is 1. The molecule has 2 N–H and O–H groups in total. The molecule has 0 bridgehead atoms. The fourth-order valence-electron chi connectivity index (χ4n) is 2.73. The molecule has 0 atom stereocenters. The molecule has 2 aromatic rings. The number of methoxy groups -OCH3 is 1. The largest absolute Gasteiger partial charge is 0.497 e. The van der Waals surface area contributed by atoms with E-state index in [4.69, 9.17) is 12.6 Å². The minimum atomic E-state index is -4.26. The van der Waals surface area contributed by atoms with Crippen LogP contribution < -0.4 is 14.8 Å². The van der Waals surface area contributed by atoms with Crippen molar-refractivity contribution in [2.45, 2.75) is 43.1 Å². The lowest BCUT2D eigenvalue weighted by atomic mass is 9.90. The summed E-state index contributed by atoms with van der Waals surface area (Å²) >= 11 is 0. The molecule has 2 aromatic carbocycles. The lowest BCUT2D eigenvalue weighted by Gasteiger charge is -2.18. The van der Waals surface area contributed by atoms with E-state index in [1.54, 1.807) is 0 Å². The number of rotatable bonds is 10. The van der Waals surface area contributed by atoms with E-state index < -0.39 is 38.7 Å². The number of sulfonamides is 1. The van der Waals surface area contributed by atoms with Gasteiger partial charge in [-0.05, 0) is 63.1 Å². The van der Waals surface area contributed by atoms with Crippen molar-refractivity contribution in [1.82, 2.24) is 5.32 Å². The number of ether oxygens (including phenoxy) is 1. The summed E-state index contributed by atoms with van der Waals surface area (Å²) < 4.78 is 73.8. The van der Waals surface area contributed by atoms with Crippen LogP contribution in [0.2, 0.25) is 0 Å². The van der Waals surface area contributed by atoms with Crippen LogP contribution in [0.4, 0.5) is 18.9 Å². The number of hydrogen-bond acceptors (Lipinski definition) is 4. The van der Waals surface area contributed by atoms with E-state index in [2.05, 4.69) is 16.6 Å². The van der Waals surface area contributed by atoms with Gasteiger partial charge in [0, 0.05) is 11.3 Å². The van der Waals surface area contributed by atoms with Crippen molar-refractivity contribution in [2.24, 2.45) is 0 Å². The van der Waals surface area contributed by atoms with Gasteiger partial charge in [-0.1, -0.05) is 12.6 Å². The van der Waals surface area contributed by atoms with E-state index >= 15 is 0 Å². The molecule has 0 saturated carbocycles. The maximum absolute atomic E-state index is 13.7. The Morgan fingerprint density at radius 3 is 2.24 bits per heavy atom. The number of anilines is 1. The van der Waals surface area contributed by atoms with Crippen LogP contribution in [0.15, 0.2) is 59.6 Å². The van der Waals surface area contributed by atoms with E-state index in [0.717, 1.165) is 18.2 Å². The van der Waals surface area contributed by atoms with E-state index in [1.165, 1.54) is 45.2 Å². The highest BCUT2D eigenvalue weighted by molar-refractivity contribution is 7.92. The third-order valence-electron chi connectivity index (χ3n) is 4.57. The van der Waals surface area contributed by atoms with Crippen LogP contribution in [0.1, 0.15) is 42.6 Å². The van der Waals surface area contributed by atoms with E-state index in [1.807, 2.05) is 0 Å². The zero-order valence-electron chi connectivity index (χ0n) is 18.4. The highest BCUT2D eigenvalue weighted by Crippen LogP contribution is 2.30. The lowest BCUT2D eigenvalue weighted by molar-refractivity contribution is 0.0932. The number of hydrogen-bond donors (Lipinski definition) is 2. The summed E-state index contributed by atoms with van der Waals surface area (Å²) in [6, 6.07) is 8.03. The molecule has 0 aliphatic rings. The van der Waals surface area contributed by atoms with Gasteiger partial charge in [-0.15, -0.1) is 0 Å². The lowest BCUT2D eigenvalue weighted by Crippen LogP contribution is -2.26. The van der Waals surface area contributed by atoms with Crippen molar-refractivity contribution in [2.75, 3.05) is 11.8 Å². The van der Waals surface area contributed by atoms with Gasteiger partial charge in [-0.3, -0.25) is 9.52 Å². The Bertz CT molecular complexity index is 1130. The Balaban J connectivity index is 2.38. The van der Waals surface area contributed by atoms with Crippen molar-refractivity contribution in [3.8, 4) is 5.75 Å². The number of amides is 1. The minimum absolute atomic E-state index is 0.0847. The summed E-state index contributed by atoms with van der Waals surface area (Å²) in [5.41, 5.74) is -2.67. The van der Waals surface area contributed by atoms with Gasteiger partial charge >= 0.3 is 0 Å². The van der Waals surface area contributed by atoms with Crippen LogP contribution in [0.3, 0.4) is 0 Å². The van der Waals surface area contributed by atoms with Crippen LogP contribution in [0.25, 0.3) is 0 Å². The first-order valence-electron chi connectivity index (χ1n) is 9.78. The molecule has 2 rings (SSSR count). The second-order valence-electron chi connectivity index (χ2n) is 7.94. The summed E-state index contributed by atoms with van der Waals surface area (Å²) in [5.74, 6) is -4.17. The summed E-state index contributed by atoms with van der Waals surface area (Å²) in [4.78, 5) is 12.5. The number of halogens is 3. The smallest absolute Gasteiger partial charge is 0.261 e. The van der Waals surface area contributed by atoms with Crippen LogP contribution in [0, 0.1) is 0 Å². The van der Waals surface area contributed by atoms with Crippen molar-refractivity contribution >= 4 is 29.5 Å². The Morgan fingerprint density at radius 1 is 1.12 bits per heavy atom. The fourth-order valence-corrected chi connectivity index (χ4v) is 3.80. The number of benzene rings is 2. The number of allylic oxidation sites excluding steroid dienone is 1. The van der Waals surface area contributed by atoms with E-state index in [9.17, 15) is 26.4 Å². The summed E-state index contributed by atoms with van der Waals surface area (Å²) in [6.07, 6.45) is 0.211. The van der Waals surface area contributed by atoms with Crippen LogP contribution >= 0.6 is 0 Å². The second-order valence-corrected chi connectivity index (χ2v) is 9.62. The molecule has 0 aliphatic carbocycles. The molecule has 0 aromatic heterocycles. The highest BCUT2D eigenvalue weighted by Gasteiger charge is 2.27. The zero-order chi connectivity index (χ0) is 25.0. The first-order valence-corrected chi connectivity index (χ1v) is 11.3. The SMILES string of the molecule is [B]C(F)(F)c1ccc(C(=O)NC(=C)CCC(C)(C)F)c(NS(=O)(=O)c2ccc(OC)cc2)c1. The average Bonchev–Trinajstić information content (AvgIpc) is 2.70. The molecule has 6 nitrogen and oxygen atoms in total. The first-order chi connectivity index (χ1) is 15.1. The summed E-state index contributed by atoms with van der Waals surface area (Å²) in [7, 11) is 2.00. The Morgan fingerprint density at radius 2 is 1.73 bits per heavy atom. The highest BCUT2D eigenvalue weighted by atomic mass is 32.2. The second kappa shape index (κ2) is 9.90. The Hall–Kier alpha value is -2.95. The van der Waals surface area contributed by atoms with Crippen LogP contribution in [-0.2, 0) is 15.8 Å². The van der Waals surface area contributed by atoms with Gasteiger partial charge in [0.2, 0.25) is 5.82 Å². The molecule has 33 heavy (non-hydrogen) atoms. The molecule has 11 heteroatoms. The molecule has 0 unspecified atom stereocenters. The zero-order valence-corrected chi connectivity index (χ0v) is 19.2. The van der Waals surface area contributed by atoms with Crippen molar-refractivity contribution < 1.29 is 31.1 Å². The van der Waals surface area contributed by atoms with Gasteiger partial charge < -0.3 is 10.1 Å². The maximum Gasteiger partial charge on any atom is 0.261 e. The van der Waals surface area contributed by atoms with Gasteiger partial charge in [0.05, 0.1) is 23.3 Å². The summed E-state index contributed by atoms with van der Waals surface area (Å²) in [6.45, 7) is 6.41. The van der Waals surface area contributed by atoms with Gasteiger partial charge in [-0.25, -0.2) is 21.6 Å². The van der Waals surface area contributed by atoms with Gasteiger partial charge in [0.1, 0.15) is 11.4 Å². The van der Waals surface area contributed by atoms with Crippen LogP contribution in [-0.4, -0.2) is 34.9 Å². The third-order valence-corrected chi connectivity index (χ3v) is 5.96. The van der Waals surface area contributed by atoms with Gasteiger partial charge in [-0.2, -0.15) is 0 Å². The monoisotopic (exact) mass is 480 g/mol. The molecular formula is C22H24BF3N2O4S. The molecule has 0 spiro atoms. The quantitative estimate of drug-likeness (QED) is 0.491. The average molecular weight is 480 g/mol. The van der Waals surface area contributed by atoms with Gasteiger partial charge in [0.15, 0.2) is 7.85 Å². The van der Waals surface area contributed by atoms with Crippen molar-refractivity contribution in [3.63, 3.8) is 0 Å². The molecule has 0 heterocycles. The molecule has 0 aliphatic heterocycles. The molecule has 176 valence electrons. The first kappa shape index (κ1) is 26.3. The van der Waals surface area contributed by atoms with E-state index in [0.29, 0.717) is 5.75 Å². The predicted molar refractivity (Wildman–Crippen MR) is 121 cm³/mol. The molecule has 1 amide bonds. The van der Waals surface area contributed by atoms with Crippen molar-refractivity contribution in [3.05, 3.63) is 65.9 Å². The van der Waals surface area contributed by atoms with Gasteiger partial charge in [0.25, 0.3) is 15.9 Å². The fraction of sp³-hybridized carbons (Fsp3) is 0.318. The molecule has 2 radical (unpaired) electrons. The number of carbonyl (C=O) groups is 1. The maximum atomic E-state index is 13.7. The molecule has 0 saturated heterocycles. The Labute approximate surface area is 192 Å². The minimum Gasteiger partial charge on any atom is -0.497 e. The van der Waals surface area contributed by atoms with E-state index in [-0.39, 0.29) is 29.0 Å². The van der Waals surface area contributed by atoms with Crippen LogP contribution in [0.5, 0.6) is 5.75 Å². The topological polar surface area (TPSA) is 84.5 Å². The predicted octanol–water partition coefficient (Wildman–Crippen LogP) is 4.49. The molecular weight excluding hydrogens is 456 g/mol. The molecule has 0 fully saturated rings. The Kier molecular flexibility index (Phi) is 7.89. The normalized spacial score (nSPS) is 12.2. The standard InChI is InChI=1S/C22H24BF3N2O4S/c1-14(11-12-21(2,3)24)27-20(29)18-10-5-15(22(23,25)26)13-19(18)28-33(30,31)17-8-6-16(32-4)7-9-17/h5-10,13,28H,1,11-12H2,2-4H3,(H,27,29). The summed E-state index contributed by atoms with van der Waals surface area (Å²) in [5, 5.41) is 2.44. The number of nitrogens with one attached hydrogen (secondary N) is 2. The van der Waals surface area contributed by atoms with Crippen molar-refractivity contribution in [1.29, 1.82) is 0 Å². The third kappa shape index (κ3) is 7.56.